The summed E-state index contributed by atoms with van der Waals surface area (Å²) in [4.78, 5) is 16.4. The highest BCUT2D eigenvalue weighted by atomic mass is 16.4. The van der Waals surface area contributed by atoms with E-state index in [-0.39, 0.29) is 0 Å². The molecule has 0 aliphatic carbocycles. The van der Waals surface area contributed by atoms with Crippen LogP contribution in [0.25, 0.3) is 10.9 Å². The Morgan fingerprint density at radius 3 is 2.62 bits per heavy atom. The summed E-state index contributed by atoms with van der Waals surface area (Å²) < 4.78 is 0. The van der Waals surface area contributed by atoms with Crippen LogP contribution in [0.15, 0.2) is 36.4 Å². The van der Waals surface area contributed by atoms with Crippen LogP contribution in [0.3, 0.4) is 0 Å². The van der Waals surface area contributed by atoms with Crippen LogP contribution in [0, 0.1) is 5.41 Å². The van der Waals surface area contributed by atoms with Gasteiger partial charge in [0.25, 0.3) is 0 Å². The van der Waals surface area contributed by atoms with E-state index in [2.05, 4.69) is 11.9 Å². The van der Waals surface area contributed by atoms with Gasteiger partial charge in [-0.3, -0.25) is 9.78 Å². The Labute approximate surface area is 126 Å². The number of hydrogen-bond acceptors (Lipinski definition) is 2. The monoisotopic (exact) mass is 285 g/mol. The molecule has 2 aromatic rings. The maximum absolute atomic E-state index is 11.8. The summed E-state index contributed by atoms with van der Waals surface area (Å²) in [6.45, 7) is 4.06. The van der Waals surface area contributed by atoms with Crippen molar-refractivity contribution in [3.63, 3.8) is 0 Å². The molecule has 0 spiro atoms. The fourth-order valence-corrected chi connectivity index (χ4v) is 2.79. The SMILES string of the molecule is CCCCC(CC)(Cc1ccc2ccccc2n1)C(=O)O. The lowest BCUT2D eigenvalue weighted by Gasteiger charge is -2.28. The van der Waals surface area contributed by atoms with Crippen LogP contribution < -0.4 is 0 Å². The summed E-state index contributed by atoms with van der Waals surface area (Å²) in [5.41, 5.74) is 1.11. The number of pyridine rings is 1. The molecule has 0 aliphatic rings. The van der Waals surface area contributed by atoms with E-state index in [9.17, 15) is 9.90 Å². The molecule has 0 radical (unpaired) electrons. The molecule has 3 nitrogen and oxygen atoms in total. The van der Waals surface area contributed by atoms with Crippen molar-refractivity contribution in [2.75, 3.05) is 0 Å². The van der Waals surface area contributed by atoms with Crippen molar-refractivity contribution in [3.05, 3.63) is 42.1 Å². The summed E-state index contributed by atoms with van der Waals surface area (Å²) in [5, 5.41) is 10.8. The van der Waals surface area contributed by atoms with E-state index < -0.39 is 11.4 Å². The minimum atomic E-state index is -0.701. The van der Waals surface area contributed by atoms with Crippen LogP contribution in [0.2, 0.25) is 0 Å². The zero-order chi connectivity index (χ0) is 15.3. The molecule has 1 heterocycles. The van der Waals surface area contributed by atoms with Gasteiger partial charge in [-0.2, -0.15) is 0 Å². The van der Waals surface area contributed by atoms with Gasteiger partial charge < -0.3 is 5.11 Å². The summed E-state index contributed by atoms with van der Waals surface area (Å²) in [7, 11) is 0. The Morgan fingerprint density at radius 1 is 1.19 bits per heavy atom. The van der Waals surface area contributed by atoms with E-state index in [1.54, 1.807) is 0 Å². The lowest BCUT2D eigenvalue weighted by Crippen LogP contribution is -2.33. The summed E-state index contributed by atoms with van der Waals surface area (Å²) >= 11 is 0. The molecule has 1 unspecified atom stereocenters. The normalized spacial score (nSPS) is 14.0. The third kappa shape index (κ3) is 3.41. The van der Waals surface area contributed by atoms with Crippen molar-refractivity contribution in [3.8, 4) is 0 Å². The summed E-state index contributed by atoms with van der Waals surface area (Å²) in [6, 6.07) is 11.9. The third-order valence-electron chi connectivity index (χ3n) is 4.31. The van der Waals surface area contributed by atoms with Gasteiger partial charge >= 0.3 is 5.97 Å². The van der Waals surface area contributed by atoms with E-state index in [4.69, 9.17) is 0 Å². The largest absolute Gasteiger partial charge is 0.481 e. The Balaban J connectivity index is 2.31. The van der Waals surface area contributed by atoms with Gasteiger partial charge in [0.05, 0.1) is 10.9 Å². The number of aliphatic carboxylic acids is 1. The number of carboxylic acids is 1. The smallest absolute Gasteiger partial charge is 0.310 e. The molecule has 1 atom stereocenters. The highest BCUT2D eigenvalue weighted by Crippen LogP contribution is 2.33. The van der Waals surface area contributed by atoms with Gasteiger partial charge in [-0.15, -0.1) is 0 Å². The van der Waals surface area contributed by atoms with Crippen LogP contribution in [0.1, 0.15) is 45.2 Å². The standard InChI is InChI=1S/C18H23NO2/c1-3-5-12-18(4-2,17(20)21)13-15-11-10-14-8-6-7-9-16(14)19-15/h6-11H,3-5,12-13H2,1-2H3,(H,20,21). The number of para-hydroxylation sites is 1. The number of carbonyl (C=O) groups is 1. The van der Waals surface area contributed by atoms with E-state index >= 15 is 0 Å². The van der Waals surface area contributed by atoms with Crippen LogP contribution in [-0.4, -0.2) is 16.1 Å². The van der Waals surface area contributed by atoms with Gasteiger partial charge in [-0.1, -0.05) is 51.0 Å². The molecule has 0 aliphatic heterocycles. The zero-order valence-electron chi connectivity index (χ0n) is 12.8. The van der Waals surface area contributed by atoms with Crippen molar-refractivity contribution < 1.29 is 9.90 Å². The molecule has 1 N–H and O–H groups in total. The van der Waals surface area contributed by atoms with E-state index in [1.165, 1.54) is 0 Å². The Bertz CT molecular complexity index is 623. The van der Waals surface area contributed by atoms with Gasteiger partial charge in [-0.05, 0) is 25.0 Å². The van der Waals surface area contributed by atoms with Crippen LogP contribution in [0.4, 0.5) is 0 Å². The quantitative estimate of drug-likeness (QED) is 0.817. The van der Waals surface area contributed by atoms with Gasteiger partial charge in [-0.25, -0.2) is 0 Å². The molecule has 1 aromatic heterocycles. The first-order valence-electron chi connectivity index (χ1n) is 7.69. The number of rotatable bonds is 7. The summed E-state index contributed by atoms with van der Waals surface area (Å²) in [6.07, 6.45) is 3.80. The predicted molar refractivity (Wildman–Crippen MR) is 85.3 cm³/mol. The van der Waals surface area contributed by atoms with Crippen molar-refractivity contribution in [2.45, 2.75) is 46.0 Å². The Kier molecular flexibility index (Phi) is 4.94. The average molecular weight is 285 g/mol. The molecule has 112 valence electrons. The van der Waals surface area contributed by atoms with Gasteiger partial charge in [0.15, 0.2) is 0 Å². The third-order valence-corrected chi connectivity index (χ3v) is 4.31. The molecular weight excluding hydrogens is 262 g/mol. The molecule has 0 amide bonds. The number of hydrogen-bond donors (Lipinski definition) is 1. The maximum Gasteiger partial charge on any atom is 0.310 e. The van der Waals surface area contributed by atoms with E-state index in [0.29, 0.717) is 19.3 Å². The first-order valence-corrected chi connectivity index (χ1v) is 7.69. The lowest BCUT2D eigenvalue weighted by molar-refractivity contribution is -0.149. The lowest BCUT2D eigenvalue weighted by atomic mass is 9.76. The minimum absolute atomic E-state index is 0.504. The Morgan fingerprint density at radius 2 is 1.95 bits per heavy atom. The van der Waals surface area contributed by atoms with E-state index in [0.717, 1.165) is 29.4 Å². The molecule has 0 saturated carbocycles. The maximum atomic E-state index is 11.8. The van der Waals surface area contributed by atoms with Crippen LogP contribution in [0.5, 0.6) is 0 Å². The molecule has 0 saturated heterocycles. The second-order valence-electron chi connectivity index (χ2n) is 5.71. The van der Waals surface area contributed by atoms with Crippen molar-refractivity contribution in [1.29, 1.82) is 0 Å². The van der Waals surface area contributed by atoms with Crippen molar-refractivity contribution >= 4 is 16.9 Å². The molecular formula is C18H23NO2. The van der Waals surface area contributed by atoms with Crippen LogP contribution >= 0.6 is 0 Å². The minimum Gasteiger partial charge on any atom is -0.481 e. The predicted octanol–water partition coefficient (Wildman–Crippen LogP) is 4.45. The van der Waals surface area contributed by atoms with E-state index in [1.807, 2.05) is 43.3 Å². The van der Waals surface area contributed by atoms with Crippen molar-refractivity contribution in [1.82, 2.24) is 4.98 Å². The highest BCUT2D eigenvalue weighted by molar-refractivity contribution is 5.79. The molecule has 0 fully saturated rings. The van der Waals surface area contributed by atoms with Gasteiger partial charge in [0.2, 0.25) is 0 Å². The number of carboxylic acid groups (broad SMARTS) is 1. The number of fused-ring (bicyclic) bond motifs is 1. The second-order valence-corrected chi connectivity index (χ2v) is 5.71. The highest BCUT2D eigenvalue weighted by Gasteiger charge is 2.36. The number of aromatic nitrogens is 1. The molecule has 3 heteroatoms. The first kappa shape index (κ1) is 15.5. The average Bonchev–Trinajstić information content (AvgIpc) is 2.51. The van der Waals surface area contributed by atoms with Gasteiger partial charge in [0, 0.05) is 17.5 Å². The number of unbranched alkanes of at least 4 members (excludes halogenated alkanes) is 1. The zero-order valence-corrected chi connectivity index (χ0v) is 12.8. The number of benzene rings is 1. The second kappa shape index (κ2) is 6.70. The number of nitrogens with zero attached hydrogens (tertiary/aromatic N) is 1. The molecule has 21 heavy (non-hydrogen) atoms. The molecule has 2 rings (SSSR count). The summed E-state index contributed by atoms with van der Waals surface area (Å²) in [5.74, 6) is -0.701. The van der Waals surface area contributed by atoms with Gasteiger partial charge in [0.1, 0.15) is 0 Å². The van der Waals surface area contributed by atoms with Crippen molar-refractivity contribution in [2.24, 2.45) is 5.41 Å². The first-order chi connectivity index (χ1) is 10.1. The van der Waals surface area contributed by atoms with Crippen LogP contribution in [-0.2, 0) is 11.2 Å². The fraction of sp³-hybridized carbons (Fsp3) is 0.444. The Hall–Kier alpha value is -1.90. The fourth-order valence-electron chi connectivity index (χ4n) is 2.79. The molecule has 1 aromatic carbocycles. The topological polar surface area (TPSA) is 50.2 Å². The molecule has 0 bridgehead atoms.